The number of fused-ring (bicyclic) bond motifs is 1. The lowest BCUT2D eigenvalue weighted by Crippen LogP contribution is -2.27. The number of pyridine rings is 1. The lowest BCUT2D eigenvalue weighted by molar-refractivity contribution is 0.0897. The van der Waals surface area contributed by atoms with E-state index in [2.05, 4.69) is 16.0 Å². The van der Waals surface area contributed by atoms with Gasteiger partial charge in [0.05, 0.1) is 0 Å². The molecule has 3 aromatic rings. The summed E-state index contributed by atoms with van der Waals surface area (Å²) in [5.41, 5.74) is 3.00. The molecule has 118 valence electrons. The zero-order chi connectivity index (χ0) is 16.2. The Balaban J connectivity index is 1.81. The van der Waals surface area contributed by atoms with Crippen LogP contribution in [0, 0.1) is 0 Å². The Kier molecular flexibility index (Phi) is 4.42. The Morgan fingerprint density at radius 2 is 1.96 bits per heavy atom. The summed E-state index contributed by atoms with van der Waals surface area (Å²) in [5, 5.41) is 1.19. The summed E-state index contributed by atoms with van der Waals surface area (Å²) in [4.78, 5) is 20.3. The number of aromatic nitrogens is 2. The maximum Gasteiger partial charge on any atom is 0.232 e. The number of para-hydroxylation sites is 1. The molecule has 0 radical (unpaired) electrons. The van der Waals surface area contributed by atoms with Gasteiger partial charge in [-0.3, -0.25) is 14.4 Å². The fraction of sp³-hybridized carbons (Fsp3) is 0.263. The predicted octanol–water partition coefficient (Wildman–Crippen LogP) is 3.55. The first-order valence-corrected chi connectivity index (χ1v) is 7.95. The lowest BCUT2D eigenvalue weighted by Gasteiger charge is -2.07. The van der Waals surface area contributed by atoms with E-state index in [0.29, 0.717) is 18.3 Å². The Hall–Kier alpha value is -2.62. The van der Waals surface area contributed by atoms with E-state index >= 15 is 0 Å². The van der Waals surface area contributed by atoms with Gasteiger partial charge in [-0.2, -0.15) is 0 Å². The molecule has 3 rings (SSSR count). The molecule has 0 fully saturated rings. The Morgan fingerprint density at radius 1 is 1.17 bits per heavy atom. The average molecular weight is 307 g/mol. The van der Waals surface area contributed by atoms with Crippen LogP contribution in [0.3, 0.4) is 0 Å². The van der Waals surface area contributed by atoms with Gasteiger partial charge in [0.1, 0.15) is 5.49 Å². The molecule has 0 aliphatic rings. The second-order valence-corrected chi connectivity index (χ2v) is 5.90. The number of nitrogens with one attached hydrogen (secondary N) is 1. The van der Waals surface area contributed by atoms with Crippen molar-refractivity contribution in [2.75, 3.05) is 0 Å². The van der Waals surface area contributed by atoms with Crippen LogP contribution in [0.4, 0.5) is 0 Å². The van der Waals surface area contributed by atoms with Crippen molar-refractivity contribution < 1.29 is 4.79 Å². The van der Waals surface area contributed by atoms with Crippen molar-refractivity contribution in [2.45, 2.75) is 32.7 Å². The highest BCUT2D eigenvalue weighted by molar-refractivity contribution is 5.84. The molecule has 0 aliphatic carbocycles. The fourth-order valence-corrected chi connectivity index (χ4v) is 2.72. The van der Waals surface area contributed by atoms with E-state index in [-0.39, 0.29) is 11.9 Å². The van der Waals surface area contributed by atoms with Gasteiger partial charge in [0.25, 0.3) is 0 Å². The normalized spacial score (nSPS) is 12.2. The molecular weight excluding hydrogens is 286 g/mol. The van der Waals surface area contributed by atoms with E-state index in [0.717, 1.165) is 5.52 Å². The summed E-state index contributed by atoms with van der Waals surface area (Å²) < 4.78 is 1.65. The molecule has 1 aromatic carbocycles. The van der Waals surface area contributed by atoms with Crippen molar-refractivity contribution in [3.63, 3.8) is 0 Å². The zero-order valence-electron chi connectivity index (χ0n) is 13.5. The van der Waals surface area contributed by atoms with Crippen molar-refractivity contribution in [1.82, 2.24) is 9.55 Å². The number of aromatic amines is 1. The van der Waals surface area contributed by atoms with Crippen LogP contribution in [0.25, 0.3) is 10.9 Å². The van der Waals surface area contributed by atoms with Gasteiger partial charge in [-0.1, -0.05) is 24.3 Å². The Morgan fingerprint density at radius 3 is 2.78 bits per heavy atom. The molecule has 0 aliphatic heterocycles. The van der Waals surface area contributed by atoms with E-state index in [1.807, 2.05) is 56.4 Å². The summed E-state index contributed by atoms with van der Waals surface area (Å²) in [7, 11) is 0. The highest BCUT2D eigenvalue weighted by Gasteiger charge is 2.09. The van der Waals surface area contributed by atoms with Crippen LogP contribution in [0.15, 0.2) is 59.9 Å². The van der Waals surface area contributed by atoms with Crippen LogP contribution in [0.1, 0.15) is 30.6 Å². The van der Waals surface area contributed by atoms with Gasteiger partial charge in [0.15, 0.2) is 0 Å². The molecule has 23 heavy (non-hydrogen) atoms. The minimum absolute atomic E-state index is 0.0651. The molecule has 1 N–H and O–H groups in total. The first kappa shape index (κ1) is 15.3. The summed E-state index contributed by atoms with van der Waals surface area (Å²) in [5.74, 6) is 0.0651. The van der Waals surface area contributed by atoms with Gasteiger partial charge in [-0.05, 0) is 44.0 Å². The SMILES string of the molecule is CC(C)N=c1ccccn1C(=O)CCc1c[nH]c2ccccc12. The second-order valence-electron chi connectivity index (χ2n) is 5.90. The summed E-state index contributed by atoms with van der Waals surface area (Å²) in [6, 6.07) is 14.0. The molecule has 0 amide bonds. The number of carbonyl (C=O) groups is 1. The number of carbonyl (C=O) groups excluding carboxylic acids is 1. The number of hydrogen-bond acceptors (Lipinski definition) is 2. The molecule has 0 bridgehead atoms. The molecule has 4 nitrogen and oxygen atoms in total. The van der Waals surface area contributed by atoms with E-state index in [9.17, 15) is 4.79 Å². The molecule has 0 spiro atoms. The summed E-state index contributed by atoms with van der Waals surface area (Å²) in [6.45, 7) is 4.02. The van der Waals surface area contributed by atoms with Crippen LogP contribution < -0.4 is 5.49 Å². The van der Waals surface area contributed by atoms with Gasteiger partial charge in [0.2, 0.25) is 5.91 Å². The number of aryl methyl sites for hydroxylation is 1. The minimum atomic E-state index is 0.0651. The van der Waals surface area contributed by atoms with Crippen molar-refractivity contribution in [1.29, 1.82) is 0 Å². The number of H-pyrrole nitrogens is 1. The Bertz CT molecular complexity index is 887. The quantitative estimate of drug-likeness (QED) is 0.787. The van der Waals surface area contributed by atoms with Crippen LogP contribution in [-0.2, 0) is 6.42 Å². The third kappa shape index (κ3) is 3.42. The van der Waals surface area contributed by atoms with Crippen molar-refractivity contribution in [2.24, 2.45) is 4.99 Å². The van der Waals surface area contributed by atoms with Gasteiger partial charge in [-0.15, -0.1) is 0 Å². The Labute approximate surface area is 135 Å². The third-order valence-corrected chi connectivity index (χ3v) is 3.78. The molecular formula is C19H21N3O. The van der Waals surface area contributed by atoms with Crippen molar-refractivity contribution in [3.05, 3.63) is 65.9 Å². The predicted molar refractivity (Wildman–Crippen MR) is 92.4 cm³/mol. The lowest BCUT2D eigenvalue weighted by atomic mass is 10.1. The van der Waals surface area contributed by atoms with Crippen molar-refractivity contribution in [3.8, 4) is 0 Å². The minimum Gasteiger partial charge on any atom is -0.361 e. The standard InChI is InChI=1S/C19H21N3O/c1-14(2)21-18-9-5-6-12-22(18)19(23)11-10-15-13-20-17-8-4-3-7-16(15)17/h3-9,12-14,20H,10-11H2,1-2H3. The van der Waals surface area contributed by atoms with Gasteiger partial charge < -0.3 is 4.98 Å². The van der Waals surface area contributed by atoms with Gasteiger partial charge >= 0.3 is 0 Å². The van der Waals surface area contributed by atoms with E-state index < -0.39 is 0 Å². The molecule has 2 aromatic heterocycles. The molecule has 0 atom stereocenters. The number of nitrogens with zero attached hydrogens (tertiary/aromatic N) is 2. The number of rotatable bonds is 4. The highest BCUT2D eigenvalue weighted by atomic mass is 16.2. The summed E-state index contributed by atoms with van der Waals surface area (Å²) in [6.07, 6.45) is 4.95. The maximum atomic E-state index is 12.6. The van der Waals surface area contributed by atoms with E-state index in [1.54, 1.807) is 10.8 Å². The largest absolute Gasteiger partial charge is 0.361 e. The number of benzene rings is 1. The van der Waals surface area contributed by atoms with Crippen LogP contribution >= 0.6 is 0 Å². The summed E-state index contributed by atoms with van der Waals surface area (Å²) >= 11 is 0. The first-order chi connectivity index (χ1) is 11.1. The molecule has 0 unspecified atom stereocenters. The second kappa shape index (κ2) is 6.65. The average Bonchev–Trinajstić information content (AvgIpc) is 2.96. The fourth-order valence-electron chi connectivity index (χ4n) is 2.72. The first-order valence-electron chi connectivity index (χ1n) is 7.95. The molecule has 4 heteroatoms. The van der Waals surface area contributed by atoms with Gasteiger partial charge in [-0.25, -0.2) is 0 Å². The number of hydrogen-bond donors (Lipinski definition) is 1. The smallest absolute Gasteiger partial charge is 0.232 e. The monoisotopic (exact) mass is 307 g/mol. The molecule has 0 saturated carbocycles. The highest BCUT2D eigenvalue weighted by Crippen LogP contribution is 2.19. The van der Waals surface area contributed by atoms with Crippen LogP contribution in [0.5, 0.6) is 0 Å². The van der Waals surface area contributed by atoms with E-state index in [1.165, 1.54) is 10.9 Å². The topological polar surface area (TPSA) is 50.1 Å². The third-order valence-electron chi connectivity index (χ3n) is 3.78. The van der Waals surface area contributed by atoms with Crippen LogP contribution in [-0.4, -0.2) is 21.5 Å². The molecule has 2 heterocycles. The molecule has 0 saturated heterocycles. The van der Waals surface area contributed by atoms with Crippen molar-refractivity contribution >= 4 is 16.8 Å². The van der Waals surface area contributed by atoms with Crippen LogP contribution in [0.2, 0.25) is 0 Å². The van der Waals surface area contributed by atoms with Gasteiger partial charge in [0, 0.05) is 35.8 Å². The zero-order valence-corrected chi connectivity index (χ0v) is 13.5. The maximum absolute atomic E-state index is 12.6. The van der Waals surface area contributed by atoms with E-state index in [4.69, 9.17) is 0 Å².